The van der Waals surface area contributed by atoms with Gasteiger partial charge in [0.05, 0.1) is 0 Å². The number of carbonyl (C=O) groups excluding carboxylic acids is 6. The standard InChI is InChI=1S/C23H39N3O10/c1-9-11-14(27)17(33-15(28)12-25-20(31)35-22(3,4)5)18(19(30)24-10-2)34-16(29)13-26-21(32)36-23(6,7)8/h17-18H,9-13H2,1-8H3,(H,24,30)(H,25,31)(H,26,32)/t17-,18+/m0/s1. The van der Waals surface area contributed by atoms with Crippen LogP contribution in [-0.4, -0.2) is 78.9 Å². The molecule has 0 radical (unpaired) electrons. The molecular weight excluding hydrogens is 478 g/mol. The minimum atomic E-state index is -1.83. The average molecular weight is 518 g/mol. The van der Waals surface area contributed by atoms with Crippen molar-refractivity contribution in [1.29, 1.82) is 0 Å². The molecule has 2 atom stereocenters. The first-order valence-corrected chi connectivity index (χ1v) is 11.6. The number of likely N-dealkylation sites (N-methyl/N-ethyl adjacent to an activating group) is 1. The Morgan fingerprint density at radius 2 is 1.08 bits per heavy atom. The van der Waals surface area contributed by atoms with Gasteiger partial charge in [0.25, 0.3) is 5.91 Å². The van der Waals surface area contributed by atoms with Gasteiger partial charge in [-0.3, -0.25) is 19.2 Å². The molecule has 0 spiro atoms. The molecule has 0 bridgehead atoms. The SMILES string of the molecule is CCCC(=O)[C@H](OC(=O)CNC(=O)OC(C)(C)C)[C@@H](OC(=O)CNC(=O)OC(C)(C)C)C(=O)NCC. The van der Waals surface area contributed by atoms with E-state index in [1.807, 2.05) is 0 Å². The molecule has 13 heteroatoms. The van der Waals surface area contributed by atoms with Crippen molar-refractivity contribution in [3.05, 3.63) is 0 Å². The second-order valence-electron chi connectivity index (χ2n) is 9.64. The van der Waals surface area contributed by atoms with E-state index in [1.165, 1.54) is 0 Å². The molecule has 206 valence electrons. The lowest BCUT2D eigenvalue weighted by atomic mass is 10.0. The van der Waals surface area contributed by atoms with E-state index < -0.39 is 72.3 Å². The van der Waals surface area contributed by atoms with Crippen LogP contribution in [0.3, 0.4) is 0 Å². The summed E-state index contributed by atoms with van der Waals surface area (Å²) in [6, 6.07) is 0. The lowest BCUT2D eigenvalue weighted by Gasteiger charge is -2.25. The van der Waals surface area contributed by atoms with Crippen molar-refractivity contribution in [2.24, 2.45) is 0 Å². The first-order valence-electron chi connectivity index (χ1n) is 11.6. The van der Waals surface area contributed by atoms with Crippen molar-refractivity contribution >= 4 is 35.8 Å². The number of alkyl carbamates (subject to hydrolysis) is 2. The average Bonchev–Trinajstić information content (AvgIpc) is 2.71. The smallest absolute Gasteiger partial charge is 0.408 e. The second kappa shape index (κ2) is 14.9. The van der Waals surface area contributed by atoms with Crippen LogP contribution in [0.4, 0.5) is 9.59 Å². The molecule has 0 aliphatic heterocycles. The Bertz CT molecular complexity index is 733. The summed E-state index contributed by atoms with van der Waals surface area (Å²) in [5.74, 6) is -3.69. The van der Waals surface area contributed by atoms with Crippen LogP contribution in [0.1, 0.15) is 68.2 Å². The molecule has 0 rings (SSSR count). The minimum Gasteiger partial charge on any atom is -0.448 e. The van der Waals surface area contributed by atoms with Crippen molar-refractivity contribution < 1.29 is 47.7 Å². The van der Waals surface area contributed by atoms with Gasteiger partial charge in [0.15, 0.2) is 5.78 Å². The first-order chi connectivity index (χ1) is 16.5. The van der Waals surface area contributed by atoms with E-state index in [2.05, 4.69) is 16.0 Å². The number of nitrogens with one attached hydrogen (secondary N) is 3. The Labute approximate surface area is 211 Å². The Morgan fingerprint density at radius 3 is 1.44 bits per heavy atom. The maximum absolute atomic E-state index is 12.7. The van der Waals surface area contributed by atoms with E-state index in [0.29, 0.717) is 6.42 Å². The van der Waals surface area contributed by atoms with Gasteiger partial charge < -0.3 is 34.9 Å². The third-order valence-corrected chi connectivity index (χ3v) is 3.77. The Morgan fingerprint density at radius 1 is 0.667 bits per heavy atom. The molecule has 0 heterocycles. The van der Waals surface area contributed by atoms with Crippen LogP contribution in [0, 0.1) is 0 Å². The van der Waals surface area contributed by atoms with Gasteiger partial charge in [0, 0.05) is 13.0 Å². The lowest BCUT2D eigenvalue weighted by Crippen LogP contribution is -2.52. The Balaban J connectivity index is 5.49. The Hall–Kier alpha value is -3.38. The number of hydrogen-bond acceptors (Lipinski definition) is 10. The summed E-state index contributed by atoms with van der Waals surface area (Å²) in [7, 11) is 0. The molecule has 0 aromatic rings. The van der Waals surface area contributed by atoms with Crippen molar-refractivity contribution in [2.75, 3.05) is 19.6 Å². The third-order valence-electron chi connectivity index (χ3n) is 3.77. The lowest BCUT2D eigenvalue weighted by molar-refractivity contribution is -0.175. The maximum Gasteiger partial charge on any atom is 0.408 e. The highest BCUT2D eigenvalue weighted by Crippen LogP contribution is 2.12. The highest BCUT2D eigenvalue weighted by molar-refractivity contribution is 5.95. The fraction of sp³-hybridized carbons (Fsp3) is 0.739. The van der Waals surface area contributed by atoms with E-state index in [9.17, 15) is 28.8 Å². The van der Waals surface area contributed by atoms with Gasteiger partial charge in [-0.2, -0.15) is 0 Å². The van der Waals surface area contributed by atoms with E-state index in [1.54, 1.807) is 55.4 Å². The maximum atomic E-state index is 12.7. The molecule has 0 aromatic carbocycles. The van der Waals surface area contributed by atoms with Crippen molar-refractivity contribution in [1.82, 2.24) is 16.0 Å². The fourth-order valence-corrected chi connectivity index (χ4v) is 2.50. The summed E-state index contributed by atoms with van der Waals surface area (Å²) >= 11 is 0. The van der Waals surface area contributed by atoms with Crippen molar-refractivity contribution in [3.8, 4) is 0 Å². The van der Waals surface area contributed by atoms with Crippen LogP contribution in [0.5, 0.6) is 0 Å². The molecule has 0 aliphatic rings. The highest BCUT2D eigenvalue weighted by Gasteiger charge is 2.39. The van der Waals surface area contributed by atoms with Crippen LogP contribution < -0.4 is 16.0 Å². The van der Waals surface area contributed by atoms with Crippen molar-refractivity contribution in [3.63, 3.8) is 0 Å². The number of rotatable bonds is 12. The zero-order chi connectivity index (χ0) is 28.1. The summed E-state index contributed by atoms with van der Waals surface area (Å²) < 4.78 is 20.3. The quantitative estimate of drug-likeness (QED) is 0.253. The minimum absolute atomic E-state index is 0.0823. The zero-order valence-corrected chi connectivity index (χ0v) is 22.3. The molecule has 0 fully saturated rings. The number of ketones is 1. The summed E-state index contributed by atoms with van der Waals surface area (Å²) in [6.07, 6.45) is -5.12. The monoisotopic (exact) mass is 517 g/mol. The normalized spacial score (nSPS) is 12.9. The molecule has 0 aromatic heterocycles. The largest absolute Gasteiger partial charge is 0.448 e. The highest BCUT2D eigenvalue weighted by atomic mass is 16.6. The Kier molecular flexibility index (Phi) is 13.5. The van der Waals surface area contributed by atoms with Crippen molar-refractivity contribution in [2.45, 2.75) is 91.6 Å². The molecule has 36 heavy (non-hydrogen) atoms. The fourth-order valence-electron chi connectivity index (χ4n) is 2.50. The molecule has 3 amide bonds. The predicted octanol–water partition coefficient (Wildman–Crippen LogP) is 1.36. The molecule has 3 N–H and O–H groups in total. The van der Waals surface area contributed by atoms with E-state index in [-0.39, 0.29) is 13.0 Å². The van der Waals surface area contributed by atoms with Gasteiger partial charge in [0.2, 0.25) is 12.2 Å². The van der Waals surface area contributed by atoms with Gasteiger partial charge in [-0.25, -0.2) is 9.59 Å². The number of ether oxygens (including phenoxy) is 4. The molecule has 13 nitrogen and oxygen atoms in total. The molecule has 0 saturated heterocycles. The third kappa shape index (κ3) is 14.8. The van der Waals surface area contributed by atoms with Crippen LogP contribution in [0.25, 0.3) is 0 Å². The number of carbonyl (C=O) groups is 6. The number of hydrogen-bond donors (Lipinski definition) is 3. The number of Topliss-reactive ketones (excluding diaryl/α,β-unsaturated/α-hetero) is 1. The molecule has 0 aliphatic carbocycles. The van der Waals surface area contributed by atoms with Gasteiger partial charge in [-0.15, -0.1) is 0 Å². The first kappa shape index (κ1) is 32.6. The summed E-state index contributed by atoms with van der Waals surface area (Å²) in [5, 5.41) is 6.78. The molecule has 0 saturated carbocycles. The number of amides is 3. The number of esters is 2. The summed E-state index contributed by atoms with van der Waals surface area (Å²) in [5.41, 5.74) is -1.62. The van der Waals surface area contributed by atoms with Gasteiger partial charge in [0.1, 0.15) is 24.3 Å². The zero-order valence-electron chi connectivity index (χ0n) is 22.3. The second-order valence-corrected chi connectivity index (χ2v) is 9.64. The van der Waals surface area contributed by atoms with E-state index >= 15 is 0 Å². The van der Waals surface area contributed by atoms with Crippen LogP contribution in [-0.2, 0) is 38.1 Å². The van der Waals surface area contributed by atoms with Crippen LogP contribution in [0.15, 0.2) is 0 Å². The van der Waals surface area contributed by atoms with Gasteiger partial charge >= 0.3 is 24.1 Å². The molecular formula is C23H39N3O10. The van der Waals surface area contributed by atoms with Crippen LogP contribution >= 0.6 is 0 Å². The predicted molar refractivity (Wildman–Crippen MR) is 127 cm³/mol. The van der Waals surface area contributed by atoms with E-state index in [0.717, 1.165) is 0 Å². The molecule has 0 unspecified atom stereocenters. The van der Waals surface area contributed by atoms with Gasteiger partial charge in [-0.1, -0.05) is 6.92 Å². The summed E-state index contributed by atoms with van der Waals surface area (Å²) in [4.78, 5) is 73.6. The summed E-state index contributed by atoms with van der Waals surface area (Å²) in [6.45, 7) is 11.9. The van der Waals surface area contributed by atoms with Gasteiger partial charge in [-0.05, 0) is 54.9 Å². The van der Waals surface area contributed by atoms with Crippen LogP contribution in [0.2, 0.25) is 0 Å². The topological polar surface area (TPSA) is 175 Å². The van der Waals surface area contributed by atoms with E-state index in [4.69, 9.17) is 18.9 Å².